The number of hydrogen-bond acceptors (Lipinski definition) is 4. The molecule has 27 heavy (non-hydrogen) atoms. The molecule has 3 aliphatic rings. The summed E-state index contributed by atoms with van der Waals surface area (Å²) in [5, 5.41) is 8.39. The third kappa shape index (κ3) is 2.86. The fraction of sp³-hybridized carbons (Fsp3) is 0.636. The first-order valence-corrected chi connectivity index (χ1v) is 11.5. The lowest BCUT2D eigenvalue weighted by molar-refractivity contribution is 0.0881. The Morgan fingerprint density at radius 2 is 1.85 bits per heavy atom. The highest BCUT2D eigenvalue weighted by molar-refractivity contribution is 7.21. The number of aromatic nitrogens is 1. The molecule has 0 aromatic carbocycles. The van der Waals surface area contributed by atoms with E-state index in [1.165, 1.54) is 54.3 Å². The molecule has 1 fully saturated rings. The number of nitrogens with one attached hydrogen (secondary N) is 2. The monoisotopic (exact) mass is 383 g/mol. The third-order valence-electron chi connectivity index (χ3n) is 6.47. The average Bonchev–Trinajstić information content (AvgIpc) is 3.00. The summed E-state index contributed by atoms with van der Waals surface area (Å²) in [6.07, 6.45) is 11.5. The molecule has 2 aliphatic carbocycles. The molecule has 2 aromatic heterocycles. The maximum absolute atomic E-state index is 13.0. The van der Waals surface area contributed by atoms with Crippen LogP contribution >= 0.6 is 11.3 Å². The molecule has 5 rings (SSSR count). The SMILES string of the molecule is CC(C)Cc1c2c(nc3sc4c(c13)NC1(CCCCC1)NC4=O)CCCC2. The number of amides is 1. The normalized spacial score (nSPS) is 21.1. The number of pyridine rings is 1. The zero-order valence-electron chi connectivity index (χ0n) is 16.4. The number of carbonyl (C=O) groups excluding carboxylic acids is 1. The summed E-state index contributed by atoms with van der Waals surface area (Å²) in [5.41, 5.74) is 5.07. The summed E-state index contributed by atoms with van der Waals surface area (Å²) in [6, 6.07) is 0. The second kappa shape index (κ2) is 6.47. The van der Waals surface area contributed by atoms with Crippen molar-refractivity contribution in [3.63, 3.8) is 0 Å². The summed E-state index contributed by atoms with van der Waals surface area (Å²) >= 11 is 1.58. The van der Waals surface area contributed by atoms with Crippen molar-refractivity contribution in [3.05, 3.63) is 21.7 Å². The number of carbonyl (C=O) groups is 1. The Hall–Kier alpha value is -1.62. The number of rotatable bonds is 2. The molecule has 144 valence electrons. The average molecular weight is 384 g/mol. The van der Waals surface area contributed by atoms with Gasteiger partial charge in [0.2, 0.25) is 0 Å². The molecular weight excluding hydrogens is 354 g/mol. The van der Waals surface area contributed by atoms with Gasteiger partial charge in [-0.25, -0.2) is 4.98 Å². The minimum atomic E-state index is -0.249. The lowest BCUT2D eigenvalue weighted by Gasteiger charge is -2.42. The Bertz CT molecular complexity index is 908. The largest absolute Gasteiger partial charge is 0.361 e. The van der Waals surface area contributed by atoms with E-state index in [1.807, 2.05) is 0 Å². The quantitative estimate of drug-likeness (QED) is 0.750. The summed E-state index contributed by atoms with van der Waals surface area (Å²) < 4.78 is 0. The minimum absolute atomic E-state index is 0.0992. The number of hydrogen-bond donors (Lipinski definition) is 2. The predicted octanol–water partition coefficient (Wildman–Crippen LogP) is 5.19. The van der Waals surface area contributed by atoms with Crippen LogP contribution in [0.3, 0.4) is 0 Å². The van der Waals surface area contributed by atoms with Gasteiger partial charge in [0.05, 0.1) is 5.69 Å². The Labute approximate surface area is 165 Å². The van der Waals surface area contributed by atoms with E-state index in [2.05, 4.69) is 24.5 Å². The van der Waals surface area contributed by atoms with Gasteiger partial charge >= 0.3 is 0 Å². The van der Waals surface area contributed by atoms with Crippen LogP contribution in [0.4, 0.5) is 5.69 Å². The molecule has 4 nitrogen and oxygen atoms in total. The summed E-state index contributed by atoms with van der Waals surface area (Å²) in [7, 11) is 0. The first kappa shape index (κ1) is 17.5. The molecule has 0 unspecified atom stereocenters. The zero-order valence-corrected chi connectivity index (χ0v) is 17.2. The minimum Gasteiger partial charge on any atom is -0.361 e. The molecule has 1 saturated carbocycles. The highest BCUT2D eigenvalue weighted by Gasteiger charge is 2.41. The molecule has 5 heteroatoms. The molecule has 0 bridgehead atoms. The van der Waals surface area contributed by atoms with Gasteiger partial charge in [-0.3, -0.25) is 4.79 Å². The number of thiophene rings is 1. The lowest BCUT2D eigenvalue weighted by atomic mass is 9.85. The van der Waals surface area contributed by atoms with Crippen LogP contribution < -0.4 is 10.6 Å². The van der Waals surface area contributed by atoms with Crippen molar-refractivity contribution in [2.24, 2.45) is 5.92 Å². The fourth-order valence-corrected chi connectivity index (χ4v) is 6.33. The highest BCUT2D eigenvalue weighted by atomic mass is 32.1. The van der Waals surface area contributed by atoms with Gasteiger partial charge in [-0.2, -0.15) is 0 Å². The lowest BCUT2D eigenvalue weighted by Crippen LogP contribution is -2.58. The second-order valence-corrected chi connectivity index (χ2v) is 10.0. The number of fused-ring (bicyclic) bond motifs is 4. The van der Waals surface area contributed by atoms with Crippen molar-refractivity contribution < 1.29 is 4.79 Å². The van der Waals surface area contributed by atoms with Gasteiger partial charge < -0.3 is 10.6 Å². The number of nitrogens with zero attached hydrogens (tertiary/aromatic N) is 1. The topological polar surface area (TPSA) is 54.0 Å². The summed E-state index contributed by atoms with van der Waals surface area (Å²) in [5.74, 6) is 0.695. The fourth-order valence-electron chi connectivity index (χ4n) is 5.25. The second-order valence-electron chi connectivity index (χ2n) is 9.03. The molecule has 0 radical (unpaired) electrons. The van der Waals surface area contributed by atoms with Gasteiger partial charge in [-0.1, -0.05) is 20.3 Å². The van der Waals surface area contributed by atoms with E-state index in [1.54, 1.807) is 11.3 Å². The van der Waals surface area contributed by atoms with E-state index < -0.39 is 0 Å². The maximum Gasteiger partial charge on any atom is 0.265 e. The summed E-state index contributed by atoms with van der Waals surface area (Å²) in [6.45, 7) is 4.59. The molecular formula is C22H29N3OS. The van der Waals surface area contributed by atoms with E-state index in [0.717, 1.165) is 47.5 Å². The smallest absolute Gasteiger partial charge is 0.265 e. The van der Waals surface area contributed by atoms with Crippen molar-refractivity contribution in [1.82, 2.24) is 10.3 Å². The van der Waals surface area contributed by atoms with Gasteiger partial charge in [0, 0.05) is 11.1 Å². The first-order chi connectivity index (χ1) is 13.1. The van der Waals surface area contributed by atoms with Crippen molar-refractivity contribution in [1.29, 1.82) is 0 Å². The van der Waals surface area contributed by atoms with Crippen LogP contribution in [0.1, 0.15) is 85.3 Å². The van der Waals surface area contributed by atoms with Crippen molar-refractivity contribution in [3.8, 4) is 0 Å². The molecule has 1 amide bonds. The molecule has 2 aromatic rings. The van der Waals surface area contributed by atoms with Crippen molar-refractivity contribution in [2.75, 3.05) is 5.32 Å². The number of anilines is 1. The Kier molecular flexibility index (Phi) is 4.19. The highest BCUT2D eigenvalue weighted by Crippen LogP contribution is 2.45. The maximum atomic E-state index is 13.0. The molecule has 1 spiro atoms. The van der Waals surface area contributed by atoms with Crippen LogP contribution in [0.2, 0.25) is 0 Å². The Morgan fingerprint density at radius 1 is 1.07 bits per heavy atom. The number of aryl methyl sites for hydroxylation is 1. The van der Waals surface area contributed by atoms with Gasteiger partial charge in [-0.15, -0.1) is 11.3 Å². The predicted molar refractivity (Wildman–Crippen MR) is 112 cm³/mol. The molecule has 0 saturated heterocycles. The van der Waals surface area contributed by atoms with Gasteiger partial charge in [0.25, 0.3) is 5.91 Å². The Balaban J connectivity index is 1.72. The van der Waals surface area contributed by atoms with Crippen LogP contribution in [0.15, 0.2) is 0 Å². The van der Waals surface area contributed by atoms with Gasteiger partial charge in [-0.05, 0) is 74.8 Å². The van der Waals surface area contributed by atoms with Crippen LogP contribution in [0, 0.1) is 5.92 Å². The first-order valence-electron chi connectivity index (χ1n) is 10.6. The van der Waals surface area contributed by atoms with Crippen molar-refractivity contribution >= 4 is 33.1 Å². The van der Waals surface area contributed by atoms with E-state index in [9.17, 15) is 4.79 Å². The van der Waals surface area contributed by atoms with E-state index in [0.29, 0.717) is 5.92 Å². The van der Waals surface area contributed by atoms with Crippen LogP contribution in [0.5, 0.6) is 0 Å². The standard InChI is InChI=1S/C22H29N3OS/c1-13(2)12-15-14-8-4-5-9-16(14)23-21-17(15)18-19(27-21)20(26)25-22(24-18)10-6-3-7-11-22/h13,24H,3-12H2,1-2H3,(H,25,26). The summed E-state index contributed by atoms with van der Waals surface area (Å²) in [4.78, 5) is 20.0. The van der Waals surface area contributed by atoms with Gasteiger partial charge in [0.1, 0.15) is 15.4 Å². The molecule has 1 aliphatic heterocycles. The van der Waals surface area contributed by atoms with E-state index in [-0.39, 0.29) is 11.6 Å². The third-order valence-corrected chi connectivity index (χ3v) is 7.56. The van der Waals surface area contributed by atoms with E-state index >= 15 is 0 Å². The van der Waals surface area contributed by atoms with Crippen LogP contribution in [-0.4, -0.2) is 16.6 Å². The van der Waals surface area contributed by atoms with Crippen molar-refractivity contribution in [2.45, 2.75) is 83.7 Å². The molecule has 0 atom stereocenters. The van der Waals surface area contributed by atoms with Crippen LogP contribution in [0.25, 0.3) is 10.2 Å². The van der Waals surface area contributed by atoms with Crippen LogP contribution in [-0.2, 0) is 19.3 Å². The molecule has 2 N–H and O–H groups in total. The Morgan fingerprint density at radius 3 is 2.63 bits per heavy atom. The van der Waals surface area contributed by atoms with Gasteiger partial charge in [0.15, 0.2) is 0 Å². The van der Waals surface area contributed by atoms with E-state index in [4.69, 9.17) is 4.98 Å². The molecule has 3 heterocycles. The zero-order chi connectivity index (χ0) is 18.6.